The van der Waals surface area contributed by atoms with E-state index >= 15 is 0 Å². The zero-order valence-corrected chi connectivity index (χ0v) is 12.6. The summed E-state index contributed by atoms with van der Waals surface area (Å²) in [6.07, 6.45) is 2.60. The van der Waals surface area contributed by atoms with Crippen LogP contribution in [0.4, 0.5) is 0 Å². The van der Waals surface area contributed by atoms with Crippen molar-refractivity contribution in [3.63, 3.8) is 0 Å². The fraction of sp³-hybridized carbons (Fsp3) is 0.750. The van der Waals surface area contributed by atoms with E-state index in [1.54, 1.807) is 0 Å². The molecule has 16 heavy (non-hydrogen) atoms. The summed E-state index contributed by atoms with van der Waals surface area (Å²) in [5.41, 5.74) is 1.14. The first-order valence-electron chi connectivity index (χ1n) is 5.94. The highest BCUT2D eigenvalue weighted by molar-refractivity contribution is 9.11. The van der Waals surface area contributed by atoms with Crippen LogP contribution in [-0.2, 0) is 0 Å². The van der Waals surface area contributed by atoms with Gasteiger partial charge in [0.1, 0.15) is 0 Å². The fourth-order valence-electron chi connectivity index (χ4n) is 2.25. The molecule has 0 aromatic carbocycles. The number of hydrogen-bond acceptors (Lipinski definition) is 3. The third kappa shape index (κ3) is 2.66. The van der Waals surface area contributed by atoms with Crippen molar-refractivity contribution in [1.29, 1.82) is 0 Å². The van der Waals surface area contributed by atoms with Gasteiger partial charge in [0, 0.05) is 18.5 Å². The number of hydrogen-bond donors (Lipinski definition) is 0. The Morgan fingerprint density at radius 1 is 1.50 bits per heavy atom. The lowest BCUT2D eigenvalue weighted by molar-refractivity contribution is 0.167. The molecule has 0 N–H and O–H groups in total. The summed E-state index contributed by atoms with van der Waals surface area (Å²) in [4.78, 5) is 7.24. The van der Waals surface area contributed by atoms with Gasteiger partial charge in [0.2, 0.25) is 0 Å². The average Bonchev–Trinajstić information content (AvgIpc) is 2.59. The Bertz CT molecular complexity index is 342. The molecule has 1 aliphatic heterocycles. The van der Waals surface area contributed by atoms with Crippen LogP contribution >= 0.6 is 27.3 Å². The molecule has 1 fully saturated rings. The van der Waals surface area contributed by atoms with Crippen LogP contribution in [0.3, 0.4) is 0 Å². The highest BCUT2D eigenvalue weighted by Gasteiger charge is 2.25. The molecule has 0 aliphatic carbocycles. The van der Waals surface area contributed by atoms with E-state index in [1.165, 1.54) is 34.7 Å². The molecule has 2 heterocycles. The second kappa shape index (κ2) is 5.15. The first kappa shape index (κ1) is 12.5. The monoisotopic (exact) mass is 302 g/mol. The molecule has 0 spiro atoms. The van der Waals surface area contributed by atoms with Crippen LogP contribution in [0.2, 0.25) is 0 Å². The summed E-state index contributed by atoms with van der Waals surface area (Å²) in [5.74, 6) is 0.645. The molecule has 4 heteroatoms. The molecular weight excluding hydrogens is 284 g/mol. The second-order valence-corrected chi connectivity index (χ2v) is 7.19. The summed E-state index contributed by atoms with van der Waals surface area (Å²) in [6.45, 7) is 9.07. The van der Waals surface area contributed by atoms with Crippen LogP contribution in [0.1, 0.15) is 43.3 Å². The van der Waals surface area contributed by atoms with Crippen LogP contribution in [-0.4, -0.2) is 29.0 Å². The van der Waals surface area contributed by atoms with Gasteiger partial charge < -0.3 is 4.90 Å². The van der Waals surface area contributed by atoms with Crippen molar-refractivity contribution in [2.24, 2.45) is 0 Å². The van der Waals surface area contributed by atoms with Crippen molar-refractivity contribution in [2.75, 3.05) is 13.1 Å². The lowest BCUT2D eigenvalue weighted by atomic mass is 9.98. The van der Waals surface area contributed by atoms with Gasteiger partial charge in [-0.1, -0.05) is 0 Å². The Kier molecular flexibility index (Phi) is 4.03. The Balaban J connectivity index is 2.09. The van der Waals surface area contributed by atoms with Crippen LogP contribution in [0.25, 0.3) is 0 Å². The van der Waals surface area contributed by atoms with Crippen molar-refractivity contribution in [3.8, 4) is 0 Å². The van der Waals surface area contributed by atoms with E-state index in [1.807, 2.05) is 11.3 Å². The Hall–Kier alpha value is 0.0700. The minimum Gasteiger partial charge on any atom is -0.300 e. The predicted molar refractivity (Wildman–Crippen MR) is 73.2 cm³/mol. The number of likely N-dealkylation sites (tertiary alicyclic amines) is 1. The van der Waals surface area contributed by atoms with E-state index in [2.05, 4.69) is 46.6 Å². The van der Waals surface area contributed by atoms with Gasteiger partial charge in [-0.2, -0.15) is 0 Å². The van der Waals surface area contributed by atoms with E-state index < -0.39 is 0 Å². The molecule has 1 unspecified atom stereocenters. The number of aromatic nitrogens is 1. The van der Waals surface area contributed by atoms with Gasteiger partial charge in [0.25, 0.3) is 0 Å². The van der Waals surface area contributed by atoms with E-state index in [9.17, 15) is 0 Å². The molecule has 2 nitrogen and oxygen atoms in total. The zero-order valence-electron chi connectivity index (χ0n) is 10.2. The van der Waals surface area contributed by atoms with Gasteiger partial charge in [-0.15, -0.1) is 11.3 Å². The van der Waals surface area contributed by atoms with Crippen LogP contribution in [0.15, 0.2) is 3.79 Å². The Morgan fingerprint density at radius 2 is 2.25 bits per heavy atom. The fourth-order valence-corrected chi connectivity index (χ4v) is 3.75. The van der Waals surface area contributed by atoms with E-state index in [0.29, 0.717) is 12.0 Å². The number of nitrogens with zero attached hydrogens (tertiary/aromatic N) is 2. The third-order valence-corrected chi connectivity index (χ3v) is 5.46. The highest BCUT2D eigenvalue weighted by atomic mass is 79.9. The van der Waals surface area contributed by atoms with Crippen LogP contribution < -0.4 is 0 Å². The zero-order chi connectivity index (χ0) is 11.7. The molecule has 0 radical (unpaired) electrons. The van der Waals surface area contributed by atoms with Crippen molar-refractivity contribution < 1.29 is 0 Å². The molecule has 0 bridgehead atoms. The highest BCUT2D eigenvalue weighted by Crippen LogP contribution is 2.34. The van der Waals surface area contributed by atoms with Crippen molar-refractivity contribution in [2.45, 2.75) is 45.6 Å². The summed E-state index contributed by atoms with van der Waals surface area (Å²) in [5, 5.41) is 1.31. The number of thiazole rings is 1. The average molecular weight is 303 g/mol. The lowest BCUT2D eigenvalue weighted by Crippen LogP contribution is -2.39. The van der Waals surface area contributed by atoms with Crippen LogP contribution in [0, 0.1) is 6.92 Å². The SMILES string of the molecule is Cc1nc(C2CCCN(C(C)C)C2)sc1Br. The minimum absolute atomic E-state index is 0.645. The molecule has 90 valence electrons. The smallest absolute Gasteiger partial charge is 0.0983 e. The van der Waals surface area contributed by atoms with Crippen molar-refractivity contribution >= 4 is 27.3 Å². The number of halogens is 1. The molecule has 1 aromatic heterocycles. The largest absolute Gasteiger partial charge is 0.300 e. The molecule has 1 atom stereocenters. The summed E-state index contributed by atoms with van der Waals surface area (Å²) in [6, 6.07) is 0.660. The Morgan fingerprint density at radius 3 is 2.81 bits per heavy atom. The quantitative estimate of drug-likeness (QED) is 0.826. The van der Waals surface area contributed by atoms with Crippen LogP contribution in [0.5, 0.6) is 0 Å². The first-order valence-corrected chi connectivity index (χ1v) is 7.55. The maximum atomic E-state index is 4.67. The van der Waals surface area contributed by atoms with Crippen molar-refractivity contribution in [3.05, 3.63) is 14.5 Å². The molecule has 2 rings (SSSR count). The summed E-state index contributed by atoms with van der Waals surface area (Å²) < 4.78 is 1.20. The third-order valence-electron chi connectivity index (χ3n) is 3.29. The maximum Gasteiger partial charge on any atom is 0.0983 e. The number of rotatable bonds is 2. The molecule has 0 saturated carbocycles. The molecular formula is C12H19BrN2S. The van der Waals surface area contributed by atoms with Gasteiger partial charge in [-0.05, 0) is 56.1 Å². The Labute approximate surface area is 110 Å². The topological polar surface area (TPSA) is 16.1 Å². The van der Waals surface area contributed by atoms with Crippen molar-refractivity contribution in [1.82, 2.24) is 9.88 Å². The van der Waals surface area contributed by atoms with E-state index in [-0.39, 0.29) is 0 Å². The molecule has 1 saturated heterocycles. The summed E-state index contributed by atoms with van der Waals surface area (Å²) >= 11 is 5.38. The van der Waals surface area contributed by atoms with Gasteiger partial charge in [0.05, 0.1) is 14.5 Å². The van der Waals surface area contributed by atoms with Gasteiger partial charge >= 0.3 is 0 Å². The normalized spacial score (nSPS) is 22.9. The van der Waals surface area contributed by atoms with Gasteiger partial charge in [0.15, 0.2) is 0 Å². The minimum atomic E-state index is 0.645. The molecule has 0 amide bonds. The van der Waals surface area contributed by atoms with Gasteiger partial charge in [-0.25, -0.2) is 4.98 Å². The second-order valence-electron chi connectivity index (χ2n) is 4.84. The van der Waals surface area contributed by atoms with Gasteiger partial charge in [-0.3, -0.25) is 0 Å². The van der Waals surface area contributed by atoms with E-state index in [4.69, 9.17) is 0 Å². The predicted octanol–water partition coefficient (Wildman–Crippen LogP) is 3.80. The molecule has 1 aliphatic rings. The summed E-state index contributed by atoms with van der Waals surface area (Å²) in [7, 11) is 0. The number of aryl methyl sites for hydroxylation is 1. The first-order chi connectivity index (χ1) is 7.58. The number of piperidine rings is 1. The molecule has 1 aromatic rings. The standard InChI is InChI=1S/C12H19BrN2S/c1-8(2)15-6-4-5-10(7-15)12-14-9(3)11(13)16-12/h8,10H,4-7H2,1-3H3. The lowest BCUT2D eigenvalue weighted by Gasteiger charge is -2.34. The van der Waals surface area contributed by atoms with E-state index in [0.717, 1.165) is 5.69 Å². The maximum absolute atomic E-state index is 4.67.